The predicted octanol–water partition coefficient (Wildman–Crippen LogP) is 3.54. The van der Waals surface area contributed by atoms with Crippen LogP contribution in [0.1, 0.15) is 31.7 Å². The van der Waals surface area contributed by atoms with E-state index in [0.717, 1.165) is 36.2 Å². The van der Waals surface area contributed by atoms with E-state index >= 15 is 0 Å². The first-order valence-electron chi connectivity index (χ1n) is 8.39. The molecule has 24 heavy (non-hydrogen) atoms. The van der Waals surface area contributed by atoms with Crippen LogP contribution in [0.4, 0.5) is 10.5 Å². The van der Waals surface area contributed by atoms with E-state index in [1.807, 2.05) is 34.6 Å². The van der Waals surface area contributed by atoms with E-state index in [-0.39, 0.29) is 12.1 Å². The standard InChI is InChI=1S/C18H23N5O/c1-3-4-6-15-7-5-10-23(15)18(24)21-17-11-16(9-8-14(17)2)22-12-19-20-13-22/h5,7-9,11-13,15H,3-4,6,10H2,1-2H3,(H,21,24). The SMILES string of the molecule is CCCCC1C=CCN1C(=O)Nc1cc(-n2cnnc2)ccc1C. The van der Waals surface area contributed by atoms with Crippen LogP contribution in [0, 0.1) is 6.92 Å². The molecule has 6 heteroatoms. The lowest BCUT2D eigenvalue weighted by Crippen LogP contribution is -2.39. The number of carbonyl (C=O) groups excluding carboxylic acids is 1. The second-order valence-corrected chi connectivity index (χ2v) is 6.09. The molecule has 0 saturated heterocycles. The highest BCUT2D eigenvalue weighted by molar-refractivity contribution is 5.91. The molecule has 1 aromatic heterocycles. The molecule has 0 saturated carbocycles. The van der Waals surface area contributed by atoms with Crippen LogP contribution in [-0.4, -0.2) is 38.3 Å². The minimum atomic E-state index is -0.0508. The summed E-state index contributed by atoms with van der Waals surface area (Å²) in [4.78, 5) is 14.6. The second-order valence-electron chi connectivity index (χ2n) is 6.09. The number of hydrogen-bond acceptors (Lipinski definition) is 3. The van der Waals surface area contributed by atoms with Gasteiger partial charge in [0.25, 0.3) is 0 Å². The zero-order chi connectivity index (χ0) is 16.9. The molecule has 1 aliphatic heterocycles. The number of benzene rings is 1. The van der Waals surface area contributed by atoms with Gasteiger partial charge in [0.2, 0.25) is 0 Å². The summed E-state index contributed by atoms with van der Waals surface area (Å²) >= 11 is 0. The third-order valence-electron chi connectivity index (χ3n) is 4.35. The molecule has 1 N–H and O–H groups in total. The number of hydrogen-bond donors (Lipinski definition) is 1. The van der Waals surface area contributed by atoms with Crippen molar-refractivity contribution in [2.45, 2.75) is 39.2 Å². The number of anilines is 1. The molecule has 0 fully saturated rings. The highest BCUT2D eigenvalue weighted by Gasteiger charge is 2.24. The van der Waals surface area contributed by atoms with E-state index in [4.69, 9.17) is 0 Å². The Hall–Kier alpha value is -2.63. The molecule has 6 nitrogen and oxygen atoms in total. The number of unbranched alkanes of at least 4 members (excludes halogenated alkanes) is 1. The van der Waals surface area contributed by atoms with Crippen molar-refractivity contribution in [3.63, 3.8) is 0 Å². The Bertz CT molecular complexity index is 723. The molecule has 0 spiro atoms. The summed E-state index contributed by atoms with van der Waals surface area (Å²) < 4.78 is 1.82. The van der Waals surface area contributed by atoms with Crippen molar-refractivity contribution in [2.75, 3.05) is 11.9 Å². The van der Waals surface area contributed by atoms with Crippen LogP contribution in [0.3, 0.4) is 0 Å². The van der Waals surface area contributed by atoms with Crippen molar-refractivity contribution in [1.82, 2.24) is 19.7 Å². The minimum Gasteiger partial charge on any atom is -0.314 e. The van der Waals surface area contributed by atoms with Gasteiger partial charge in [-0.05, 0) is 31.0 Å². The van der Waals surface area contributed by atoms with Gasteiger partial charge < -0.3 is 10.2 Å². The monoisotopic (exact) mass is 325 g/mol. The maximum absolute atomic E-state index is 12.7. The number of aromatic nitrogens is 3. The number of urea groups is 1. The van der Waals surface area contributed by atoms with Crippen LogP contribution in [0.5, 0.6) is 0 Å². The van der Waals surface area contributed by atoms with Crippen LogP contribution in [-0.2, 0) is 0 Å². The minimum absolute atomic E-state index is 0.0508. The largest absolute Gasteiger partial charge is 0.322 e. The lowest BCUT2D eigenvalue weighted by Gasteiger charge is -2.25. The van der Waals surface area contributed by atoms with Gasteiger partial charge in [0.1, 0.15) is 12.7 Å². The molecule has 1 aliphatic rings. The maximum Gasteiger partial charge on any atom is 0.322 e. The molecule has 1 aromatic carbocycles. The first-order chi connectivity index (χ1) is 11.7. The number of amides is 2. The summed E-state index contributed by atoms with van der Waals surface area (Å²) in [6.45, 7) is 4.83. The van der Waals surface area contributed by atoms with Crippen molar-refractivity contribution in [2.24, 2.45) is 0 Å². The molecular weight excluding hydrogens is 302 g/mol. The lowest BCUT2D eigenvalue weighted by atomic mass is 10.1. The topological polar surface area (TPSA) is 63.1 Å². The first-order valence-corrected chi connectivity index (χ1v) is 8.39. The molecule has 0 aliphatic carbocycles. The van der Waals surface area contributed by atoms with E-state index in [1.54, 1.807) is 12.7 Å². The predicted molar refractivity (Wildman–Crippen MR) is 94.3 cm³/mol. The number of aryl methyl sites for hydroxylation is 1. The van der Waals surface area contributed by atoms with Crippen LogP contribution in [0.15, 0.2) is 43.0 Å². The molecule has 2 heterocycles. The summed E-state index contributed by atoms with van der Waals surface area (Å²) in [5, 5.41) is 10.7. The number of carbonyl (C=O) groups is 1. The number of nitrogens with zero attached hydrogens (tertiary/aromatic N) is 4. The molecule has 0 radical (unpaired) electrons. The van der Waals surface area contributed by atoms with Gasteiger partial charge in [-0.1, -0.05) is 38.0 Å². The van der Waals surface area contributed by atoms with Gasteiger partial charge >= 0.3 is 6.03 Å². The van der Waals surface area contributed by atoms with Gasteiger partial charge in [-0.3, -0.25) is 4.57 Å². The normalized spacial score (nSPS) is 16.6. The van der Waals surface area contributed by atoms with E-state index in [2.05, 4.69) is 34.6 Å². The van der Waals surface area contributed by atoms with E-state index < -0.39 is 0 Å². The zero-order valence-electron chi connectivity index (χ0n) is 14.1. The molecule has 2 aromatic rings. The van der Waals surface area contributed by atoms with E-state index in [0.29, 0.717) is 6.54 Å². The van der Waals surface area contributed by atoms with Crippen molar-refractivity contribution >= 4 is 11.7 Å². The Labute approximate surface area is 142 Å². The van der Waals surface area contributed by atoms with E-state index in [9.17, 15) is 4.79 Å². The fraction of sp³-hybridized carbons (Fsp3) is 0.389. The Morgan fingerprint density at radius 2 is 2.12 bits per heavy atom. The second kappa shape index (κ2) is 7.29. The average molecular weight is 325 g/mol. The number of nitrogens with one attached hydrogen (secondary N) is 1. The summed E-state index contributed by atoms with van der Waals surface area (Å²) in [6, 6.07) is 6.06. The lowest BCUT2D eigenvalue weighted by molar-refractivity contribution is 0.208. The van der Waals surface area contributed by atoms with Gasteiger partial charge in [-0.2, -0.15) is 0 Å². The molecule has 2 amide bonds. The first kappa shape index (κ1) is 16.2. The molecular formula is C18H23N5O. The summed E-state index contributed by atoms with van der Waals surface area (Å²) in [5.41, 5.74) is 2.76. The van der Waals surface area contributed by atoms with Crippen LogP contribution in [0.25, 0.3) is 5.69 Å². The van der Waals surface area contributed by atoms with Gasteiger partial charge in [0.15, 0.2) is 0 Å². The number of rotatable bonds is 5. The fourth-order valence-electron chi connectivity index (χ4n) is 2.90. The van der Waals surface area contributed by atoms with Gasteiger partial charge in [0.05, 0.1) is 11.7 Å². The van der Waals surface area contributed by atoms with Crippen LogP contribution < -0.4 is 5.32 Å². The molecule has 3 rings (SSSR count). The van der Waals surface area contributed by atoms with Crippen LogP contribution >= 0.6 is 0 Å². The molecule has 1 atom stereocenters. The highest BCUT2D eigenvalue weighted by Crippen LogP contribution is 2.22. The summed E-state index contributed by atoms with van der Waals surface area (Å²) in [6.07, 6.45) is 10.8. The van der Waals surface area contributed by atoms with Crippen molar-refractivity contribution in [3.8, 4) is 5.69 Å². The van der Waals surface area contributed by atoms with Crippen molar-refractivity contribution in [1.29, 1.82) is 0 Å². The molecule has 1 unspecified atom stereocenters. The molecule has 126 valence electrons. The average Bonchev–Trinajstić information content (AvgIpc) is 3.26. The highest BCUT2D eigenvalue weighted by atomic mass is 16.2. The fourth-order valence-corrected chi connectivity index (χ4v) is 2.90. The summed E-state index contributed by atoms with van der Waals surface area (Å²) in [5.74, 6) is 0. The van der Waals surface area contributed by atoms with Crippen LogP contribution in [0.2, 0.25) is 0 Å². The third kappa shape index (κ3) is 3.48. The zero-order valence-corrected chi connectivity index (χ0v) is 14.1. The van der Waals surface area contributed by atoms with Gasteiger partial charge in [0, 0.05) is 12.2 Å². The quantitative estimate of drug-likeness (QED) is 0.855. The third-order valence-corrected chi connectivity index (χ3v) is 4.35. The van der Waals surface area contributed by atoms with Gasteiger partial charge in [-0.15, -0.1) is 10.2 Å². The van der Waals surface area contributed by atoms with Gasteiger partial charge in [-0.25, -0.2) is 4.79 Å². The Balaban J connectivity index is 1.73. The van der Waals surface area contributed by atoms with Crippen molar-refractivity contribution < 1.29 is 4.79 Å². The smallest absolute Gasteiger partial charge is 0.314 e. The Kier molecular flexibility index (Phi) is 4.93. The Morgan fingerprint density at radius 1 is 1.33 bits per heavy atom. The summed E-state index contributed by atoms with van der Waals surface area (Å²) in [7, 11) is 0. The maximum atomic E-state index is 12.7. The van der Waals surface area contributed by atoms with Crippen molar-refractivity contribution in [3.05, 3.63) is 48.6 Å². The molecule has 0 bridgehead atoms. The Morgan fingerprint density at radius 3 is 2.88 bits per heavy atom. The van der Waals surface area contributed by atoms with E-state index in [1.165, 1.54) is 0 Å².